The van der Waals surface area contributed by atoms with E-state index in [0.29, 0.717) is 11.5 Å². The molecule has 0 spiro atoms. The molecule has 0 aromatic heterocycles. The fraction of sp³-hybridized carbons (Fsp3) is 0.462. The number of carbonyl (C=O) groups excluding carboxylic acids is 2. The van der Waals surface area contributed by atoms with Crippen LogP contribution in [0.3, 0.4) is 0 Å². The number of ether oxygens (including phenoxy) is 2. The van der Waals surface area contributed by atoms with Crippen molar-refractivity contribution in [2.24, 2.45) is 5.41 Å². The van der Waals surface area contributed by atoms with Gasteiger partial charge in [0.2, 0.25) is 0 Å². The molecule has 2 aromatic rings. The van der Waals surface area contributed by atoms with Gasteiger partial charge in [0, 0.05) is 0 Å². The van der Waals surface area contributed by atoms with Crippen LogP contribution in [0.25, 0.3) is 0 Å². The molecule has 0 radical (unpaired) electrons. The lowest BCUT2D eigenvalue weighted by molar-refractivity contribution is -0.131. The first-order valence-electron chi connectivity index (χ1n) is 11.0. The van der Waals surface area contributed by atoms with Gasteiger partial charge in [-0.2, -0.15) is 0 Å². The monoisotopic (exact) mass is 440 g/mol. The van der Waals surface area contributed by atoms with Crippen molar-refractivity contribution in [1.29, 1.82) is 0 Å². The Labute approximate surface area is 191 Å². The van der Waals surface area contributed by atoms with E-state index < -0.39 is 11.8 Å². The second kappa shape index (κ2) is 11.0. The predicted octanol–water partition coefficient (Wildman–Crippen LogP) is 4.57. The fourth-order valence-electron chi connectivity index (χ4n) is 3.76. The number of benzene rings is 2. The lowest BCUT2D eigenvalue weighted by Gasteiger charge is -2.33. The van der Waals surface area contributed by atoms with Crippen LogP contribution < -0.4 is 20.3 Å². The third-order valence-corrected chi connectivity index (χ3v) is 5.02. The molecule has 0 aliphatic heterocycles. The first-order chi connectivity index (χ1) is 15.0. The molecule has 0 aliphatic rings. The first kappa shape index (κ1) is 25.2. The number of nitrogens with one attached hydrogen (secondary N) is 2. The Kier molecular flexibility index (Phi) is 8.70. The van der Waals surface area contributed by atoms with E-state index in [9.17, 15) is 9.59 Å². The Morgan fingerprint density at radius 1 is 0.750 bits per heavy atom. The molecule has 0 heterocycles. The summed E-state index contributed by atoms with van der Waals surface area (Å²) in [6.45, 7) is 12.8. The Hall–Kier alpha value is -3.02. The van der Waals surface area contributed by atoms with Crippen LogP contribution >= 0.6 is 0 Å². The highest BCUT2D eigenvalue weighted by Crippen LogP contribution is 2.36. The lowest BCUT2D eigenvalue weighted by Crippen LogP contribution is -2.45. The number of carbonyl (C=O) groups is 2. The van der Waals surface area contributed by atoms with Crippen LogP contribution in [-0.4, -0.2) is 25.0 Å². The van der Waals surface area contributed by atoms with E-state index in [1.165, 1.54) is 11.1 Å². The third kappa shape index (κ3) is 8.61. The van der Waals surface area contributed by atoms with E-state index in [1.54, 1.807) is 0 Å². The molecule has 174 valence electrons. The quantitative estimate of drug-likeness (QED) is 0.560. The Balaban J connectivity index is 1.72. The van der Waals surface area contributed by atoms with Crippen LogP contribution in [-0.2, 0) is 21.4 Å². The third-order valence-electron chi connectivity index (χ3n) is 5.02. The van der Waals surface area contributed by atoms with Crippen LogP contribution in [0.1, 0.15) is 59.1 Å². The van der Waals surface area contributed by atoms with Gasteiger partial charge in [0.05, 0.1) is 0 Å². The zero-order valence-corrected chi connectivity index (χ0v) is 20.1. The number of hydrogen-bond acceptors (Lipinski definition) is 4. The van der Waals surface area contributed by atoms with Gasteiger partial charge in [0.1, 0.15) is 11.5 Å². The van der Waals surface area contributed by atoms with Crippen molar-refractivity contribution < 1.29 is 19.1 Å². The minimum atomic E-state index is -0.456. The number of hydrazine groups is 1. The van der Waals surface area contributed by atoms with Gasteiger partial charge in [-0.3, -0.25) is 20.4 Å². The molecule has 2 aromatic carbocycles. The smallest absolute Gasteiger partial charge is 0.276 e. The van der Waals surface area contributed by atoms with Crippen molar-refractivity contribution in [3.8, 4) is 11.5 Å². The first-order valence-corrected chi connectivity index (χ1v) is 11.0. The topological polar surface area (TPSA) is 76.7 Å². The van der Waals surface area contributed by atoms with Crippen molar-refractivity contribution in [3.63, 3.8) is 0 Å². The maximum Gasteiger partial charge on any atom is 0.276 e. The largest absolute Gasteiger partial charge is 0.484 e. The molecule has 0 unspecified atom stereocenters. The van der Waals surface area contributed by atoms with Crippen LogP contribution in [0.15, 0.2) is 48.5 Å². The van der Waals surface area contributed by atoms with Crippen molar-refractivity contribution in [2.45, 2.75) is 59.8 Å². The average molecular weight is 441 g/mol. The molecule has 0 aliphatic carbocycles. The van der Waals surface area contributed by atoms with E-state index in [4.69, 9.17) is 9.47 Å². The minimum absolute atomic E-state index is 0.0402. The SMILES string of the molecule is CCc1ccc(OCC(=O)NNC(=O)COc2ccc(C(C)(C)CC(C)(C)C)cc2)cc1. The Bertz CT molecular complexity index is 882. The van der Waals surface area contributed by atoms with Crippen LogP contribution in [0.5, 0.6) is 11.5 Å². The maximum atomic E-state index is 12.0. The Morgan fingerprint density at radius 3 is 1.59 bits per heavy atom. The molecule has 0 saturated heterocycles. The van der Waals surface area contributed by atoms with Gasteiger partial charge < -0.3 is 9.47 Å². The van der Waals surface area contributed by atoms with Gasteiger partial charge in [0.25, 0.3) is 11.8 Å². The van der Waals surface area contributed by atoms with E-state index in [2.05, 4.69) is 52.4 Å². The molecule has 6 heteroatoms. The highest BCUT2D eigenvalue weighted by molar-refractivity contribution is 5.83. The summed E-state index contributed by atoms with van der Waals surface area (Å²) in [6.07, 6.45) is 1.99. The summed E-state index contributed by atoms with van der Waals surface area (Å²) in [5, 5.41) is 0. The molecule has 6 nitrogen and oxygen atoms in total. The Morgan fingerprint density at radius 2 is 1.19 bits per heavy atom. The summed E-state index contributed by atoms with van der Waals surface area (Å²) < 4.78 is 10.9. The summed E-state index contributed by atoms with van der Waals surface area (Å²) >= 11 is 0. The zero-order valence-electron chi connectivity index (χ0n) is 20.1. The van der Waals surface area contributed by atoms with E-state index in [1.807, 2.05) is 48.5 Å². The second-order valence-corrected chi connectivity index (χ2v) is 9.82. The predicted molar refractivity (Wildman–Crippen MR) is 127 cm³/mol. The van der Waals surface area contributed by atoms with E-state index in [0.717, 1.165) is 12.8 Å². The minimum Gasteiger partial charge on any atom is -0.484 e. The van der Waals surface area contributed by atoms with E-state index >= 15 is 0 Å². The van der Waals surface area contributed by atoms with Gasteiger partial charge >= 0.3 is 0 Å². The number of hydrogen-bond donors (Lipinski definition) is 2. The standard InChI is InChI=1S/C26H36N2O4/c1-7-19-8-12-21(13-9-19)31-16-23(29)27-28-24(30)17-32-22-14-10-20(11-15-22)26(5,6)18-25(2,3)4/h8-15H,7,16-18H2,1-6H3,(H,27,29)(H,28,30). The van der Waals surface area contributed by atoms with Crippen molar-refractivity contribution in [3.05, 3.63) is 59.7 Å². The van der Waals surface area contributed by atoms with Crippen molar-refractivity contribution in [2.75, 3.05) is 13.2 Å². The maximum absolute atomic E-state index is 12.0. The number of rotatable bonds is 9. The van der Waals surface area contributed by atoms with Crippen LogP contribution in [0.4, 0.5) is 0 Å². The highest BCUT2D eigenvalue weighted by atomic mass is 16.5. The molecule has 2 amide bonds. The summed E-state index contributed by atoms with van der Waals surface area (Å²) in [5.74, 6) is 0.285. The van der Waals surface area contributed by atoms with Gasteiger partial charge in [-0.05, 0) is 59.1 Å². The molecule has 32 heavy (non-hydrogen) atoms. The average Bonchev–Trinajstić information content (AvgIpc) is 2.73. The molecule has 2 N–H and O–H groups in total. The summed E-state index contributed by atoms with van der Waals surface area (Å²) in [6, 6.07) is 15.3. The molecular formula is C26H36N2O4. The van der Waals surface area contributed by atoms with Gasteiger partial charge in [-0.15, -0.1) is 0 Å². The zero-order chi connectivity index (χ0) is 23.8. The number of aryl methyl sites for hydroxylation is 1. The fourth-order valence-corrected chi connectivity index (χ4v) is 3.76. The van der Waals surface area contributed by atoms with Crippen LogP contribution in [0, 0.1) is 5.41 Å². The summed E-state index contributed by atoms with van der Waals surface area (Å²) in [5.41, 5.74) is 7.33. The van der Waals surface area contributed by atoms with Crippen LogP contribution in [0.2, 0.25) is 0 Å². The molecule has 0 saturated carbocycles. The lowest BCUT2D eigenvalue weighted by atomic mass is 9.72. The normalized spacial score (nSPS) is 11.6. The summed E-state index contributed by atoms with van der Waals surface area (Å²) in [7, 11) is 0. The van der Waals surface area contributed by atoms with Crippen molar-refractivity contribution >= 4 is 11.8 Å². The van der Waals surface area contributed by atoms with Gasteiger partial charge in [-0.25, -0.2) is 0 Å². The van der Waals surface area contributed by atoms with Gasteiger partial charge in [-0.1, -0.05) is 65.8 Å². The molecule has 0 bridgehead atoms. The van der Waals surface area contributed by atoms with Crippen molar-refractivity contribution in [1.82, 2.24) is 10.9 Å². The molecule has 0 fully saturated rings. The molecular weight excluding hydrogens is 404 g/mol. The van der Waals surface area contributed by atoms with Gasteiger partial charge in [0.15, 0.2) is 13.2 Å². The number of amides is 2. The second-order valence-electron chi connectivity index (χ2n) is 9.82. The molecule has 0 atom stereocenters. The molecule has 2 rings (SSSR count). The highest BCUT2D eigenvalue weighted by Gasteiger charge is 2.27. The summed E-state index contributed by atoms with van der Waals surface area (Å²) in [4.78, 5) is 23.8. The van der Waals surface area contributed by atoms with E-state index in [-0.39, 0.29) is 24.0 Å².